The molecule has 7 heteroatoms. The van der Waals surface area contributed by atoms with E-state index in [2.05, 4.69) is 34.4 Å². The minimum absolute atomic E-state index is 0.0231. The molecule has 0 aliphatic heterocycles. The number of benzene rings is 3. The molecule has 0 radical (unpaired) electrons. The normalized spacial score (nSPS) is 12.2. The van der Waals surface area contributed by atoms with Gasteiger partial charge in [-0.1, -0.05) is 36.4 Å². The number of carbonyl (C=O) groups excluding carboxylic acids is 1. The van der Waals surface area contributed by atoms with Crippen molar-refractivity contribution in [2.75, 3.05) is 17.2 Å². The number of aryl methyl sites for hydroxylation is 2. The van der Waals surface area contributed by atoms with Gasteiger partial charge < -0.3 is 10.6 Å². The lowest BCUT2D eigenvalue weighted by Crippen LogP contribution is -2.28. The van der Waals surface area contributed by atoms with E-state index >= 15 is 0 Å². The fourth-order valence-electron chi connectivity index (χ4n) is 3.21. The van der Waals surface area contributed by atoms with Crippen molar-refractivity contribution in [2.45, 2.75) is 38.1 Å². The molecule has 0 bridgehead atoms. The van der Waals surface area contributed by atoms with Crippen LogP contribution in [0.5, 0.6) is 0 Å². The Morgan fingerprint density at radius 1 is 0.875 bits per heavy atom. The molecule has 3 N–H and O–H groups in total. The van der Waals surface area contributed by atoms with E-state index < -0.39 is 10.0 Å². The van der Waals surface area contributed by atoms with Crippen molar-refractivity contribution in [2.24, 2.45) is 0 Å². The zero-order valence-corrected chi connectivity index (χ0v) is 19.4. The van der Waals surface area contributed by atoms with E-state index in [-0.39, 0.29) is 29.8 Å². The van der Waals surface area contributed by atoms with Crippen LogP contribution >= 0.6 is 0 Å². The van der Waals surface area contributed by atoms with Crippen LogP contribution in [-0.2, 0) is 14.8 Å². The Hall–Kier alpha value is -3.16. The van der Waals surface area contributed by atoms with Crippen molar-refractivity contribution in [3.8, 4) is 0 Å². The molecule has 0 saturated carbocycles. The molecule has 0 saturated heterocycles. The van der Waals surface area contributed by atoms with Crippen LogP contribution in [0.25, 0.3) is 0 Å². The number of sulfonamides is 1. The molecule has 0 aliphatic carbocycles. The SMILES string of the molecule is Cc1ccc(S(=O)(=O)NCCC(=O)Nc2ccc(NC(C)c3ccccc3)cc2)cc1C. The van der Waals surface area contributed by atoms with E-state index in [9.17, 15) is 13.2 Å². The lowest BCUT2D eigenvalue weighted by atomic mass is 10.1. The van der Waals surface area contributed by atoms with Crippen molar-refractivity contribution >= 4 is 27.3 Å². The monoisotopic (exact) mass is 451 g/mol. The maximum atomic E-state index is 12.4. The second-order valence-electron chi connectivity index (χ2n) is 7.80. The van der Waals surface area contributed by atoms with Gasteiger partial charge in [0.05, 0.1) is 4.90 Å². The summed E-state index contributed by atoms with van der Waals surface area (Å²) in [6.45, 7) is 5.90. The quantitative estimate of drug-likeness (QED) is 0.437. The van der Waals surface area contributed by atoms with Gasteiger partial charge in [-0.3, -0.25) is 4.79 Å². The Labute approximate surface area is 190 Å². The van der Waals surface area contributed by atoms with Gasteiger partial charge >= 0.3 is 0 Å². The summed E-state index contributed by atoms with van der Waals surface area (Å²) in [4.78, 5) is 12.4. The number of amides is 1. The Balaban J connectivity index is 1.48. The van der Waals surface area contributed by atoms with Gasteiger partial charge in [0.15, 0.2) is 0 Å². The average Bonchev–Trinajstić information content (AvgIpc) is 2.77. The fourth-order valence-corrected chi connectivity index (χ4v) is 4.33. The Morgan fingerprint density at radius 3 is 2.19 bits per heavy atom. The van der Waals surface area contributed by atoms with Gasteiger partial charge in [-0.2, -0.15) is 0 Å². The standard InChI is InChI=1S/C25H29N3O3S/c1-18-9-14-24(17-19(18)2)32(30,31)26-16-15-25(29)28-23-12-10-22(11-13-23)27-20(3)21-7-5-4-6-8-21/h4-14,17,20,26-27H,15-16H2,1-3H3,(H,28,29). The highest BCUT2D eigenvalue weighted by Crippen LogP contribution is 2.21. The number of nitrogens with one attached hydrogen (secondary N) is 3. The number of hydrogen-bond acceptors (Lipinski definition) is 4. The van der Waals surface area contributed by atoms with Gasteiger partial charge in [-0.05, 0) is 73.9 Å². The molecular weight excluding hydrogens is 422 g/mol. The molecule has 168 valence electrons. The second-order valence-corrected chi connectivity index (χ2v) is 9.56. The zero-order chi connectivity index (χ0) is 23.1. The van der Waals surface area contributed by atoms with Crippen molar-refractivity contribution < 1.29 is 13.2 Å². The number of rotatable bonds is 9. The van der Waals surface area contributed by atoms with Crippen molar-refractivity contribution in [3.05, 3.63) is 89.5 Å². The first kappa shape index (κ1) is 23.5. The summed E-state index contributed by atoms with van der Waals surface area (Å²) in [5.74, 6) is -0.258. The first-order valence-corrected chi connectivity index (χ1v) is 12.0. The number of hydrogen-bond donors (Lipinski definition) is 3. The molecule has 3 rings (SSSR count). The third kappa shape index (κ3) is 6.42. The molecule has 1 unspecified atom stereocenters. The smallest absolute Gasteiger partial charge is 0.240 e. The maximum absolute atomic E-state index is 12.4. The van der Waals surface area contributed by atoms with E-state index in [1.54, 1.807) is 18.2 Å². The van der Waals surface area contributed by atoms with Gasteiger partial charge in [-0.25, -0.2) is 13.1 Å². The molecule has 3 aromatic rings. The summed E-state index contributed by atoms with van der Waals surface area (Å²) < 4.78 is 27.3. The number of carbonyl (C=O) groups is 1. The third-order valence-electron chi connectivity index (χ3n) is 5.28. The molecule has 1 atom stereocenters. The Morgan fingerprint density at radius 2 is 1.53 bits per heavy atom. The van der Waals surface area contributed by atoms with Crippen LogP contribution in [0.1, 0.15) is 36.1 Å². The zero-order valence-electron chi connectivity index (χ0n) is 18.6. The second kappa shape index (κ2) is 10.4. The minimum atomic E-state index is -3.65. The molecule has 0 fully saturated rings. The molecule has 1 amide bonds. The summed E-state index contributed by atoms with van der Waals surface area (Å²) in [5, 5.41) is 6.22. The van der Waals surface area contributed by atoms with E-state index in [1.807, 2.05) is 56.3 Å². The van der Waals surface area contributed by atoms with Crippen LogP contribution in [0.2, 0.25) is 0 Å². The predicted octanol–water partition coefficient (Wildman–Crippen LogP) is 4.78. The van der Waals surface area contributed by atoms with Gasteiger partial charge in [0.2, 0.25) is 15.9 Å². The van der Waals surface area contributed by atoms with Crippen LogP contribution in [0.3, 0.4) is 0 Å². The fraction of sp³-hybridized carbons (Fsp3) is 0.240. The topological polar surface area (TPSA) is 87.3 Å². The predicted molar refractivity (Wildman–Crippen MR) is 129 cm³/mol. The summed E-state index contributed by atoms with van der Waals surface area (Å²) in [6.07, 6.45) is 0.0368. The van der Waals surface area contributed by atoms with Crippen molar-refractivity contribution in [1.82, 2.24) is 4.72 Å². The molecular formula is C25H29N3O3S. The highest BCUT2D eigenvalue weighted by atomic mass is 32.2. The van der Waals surface area contributed by atoms with E-state index in [4.69, 9.17) is 0 Å². The highest BCUT2D eigenvalue weighted by Gasteiger charge is 2.15. The highest BCUT2D eigenvalue weighted by molar-refractivity contribution is 7.89. The molecule has 0 aliphatic rings. The minimum Gasteiger partial charge on any atom is -0.379 e. The third-order valence-corrected chi connectivity index (χ3v) is 6.74. The summed E-state index contributed by atoms with van der Waals surface area (Å²) in [6, 6.07) is 22.7. The van der Waals surface area contributed by atoms with Crippen molar-refractivity contribution in [3.63, 3.8) is 0 Å². The van der Waals surface area contributed by atoms with Gasteiger partial charge in [0.25, 0.3) is 0 Å². The first-order valence-electron chi connectivity index (χ1n) is 10.5. The molecule has 32 heavy (non-hydrogen) atoms. The number of anilines is 2. The van der Waals surface area contributed by atoms with Gasteiger partial charge in [0.1, 0.15) is 0 Å². The molecule has 0 spiro atoms. The van der Waals surface area contributed by atoms with E-state index in [1.165, 1.54) is 5.56 Å². The summed E-state index contributed by atoms with van der Waals surface area (Å²) in [7, 11) is -3.65. The molecule has 0 aromatic heterocycles. The summed E-state index contributed by atoms with van der Waals surface area (Å²) >= 11 is 0. The maximum Gasteiger partial charge on any atom is 0.240 e. The largest absolute Gasteiger partial charge is 0.379 e. The van der Waals surface area contributed by atoms with Crippen LogP contribution in [0, 0.1) is 13.8 Å². The van der Waals surface area contributed by atoms with Crippen molar-refractivity contribution in [1.29, 1.82) is 0 Å². The Kier molecular flexibility index (Phi) is 7.66. The molecule has 3 aromatic carbocycles. The van der Waals surface area contributed by atoms with E-state index in [0.29, 0.717) is 5.69 Å². The van der Waals surface area contributed by atoms with E-state index in [0.717, 1.165) is 16.8 Å². The van der Waals surface area contributed by atoms with Crippen LogP contribution < -0.4 is 15.4 Å². The Bertz CT molecular complexity index is 1160. The lowest BCUT2D eigenvalue weighted by Gasteiger charge is -2.16. The molecule has 6 nitrogen and oxygen atoms in total. The molecule has 0 heterocycles. The summed E-state index contributed by atoms with van der Waals surface area (Å²) in [5.41, 5.74) is 4.72. The van der Waals surface area contributed by atoms with Crippen LogP contribution in [0.15, 0.2) is 77.7 Å². The van der Waals surface area contributed by atoms with Gasteiger partial charge in [0, 0.05) is 30.4 Å². The van der Waals surface area contributed by atoms with Crippen LogP contribution in [-0.4, -0.2) is 20.9 Å². The van der Waals surface area contributed by atoms with Crippen LogP contribution in [0.4, 0.5) is 11.4 Å². The lowest BCUT2D eigenvalue weighted by molar-refractivity contribution is -0.116. The first-order chi connectivity index (χ1) is 15.2. The van der Waals surface area contributed by atoms with Gasteiger partial charge in [-0.15, -0.1) is 0 Å². The average molecular weight is 452 g/mol.